The molecule has 1 aromatic rings. The van der Waals surface area contributed by atoms with E-state index in [4.69, 9.17) is 4.74 Å². The van der Waals surface area contributed by atoms with Crippen LogP contribution >= 0.6 is 0 Å². The lowest BCUT2D eigenvalue weighted by atomic mass is 10.1. The van der Waals surface area contributed by atoms with Crippen LogP contribution in [-0.4, -0.2) is 55.7 Å². The van der Waals surface area contributed by atoms with E-state index in [2.05, 4.69) is 27.4 Å². The van der Waals surface area contributed by atoms with E-state index in [1.54, 1.807) is 0 Å². The van der Waals surface area contributed by atoms with Gasteiger partial charge in [0.25, 0.3) is 5.91 Å². The number of hydrogen-bond acceptors (Lipinski definition) is 3. The van der Waals surface area contributed by atoms with E-state index >= 15 is 0 Å². The van der Waals surface area contributed by atoms with Crippen molar-refractivity contribution in [1.82, 2.24) is 15.5 Å². The van der Waals surface area contributed by atoms with Crippen LogP contribution in [-0.2, 0) is 11.3 Å². The summed E-state index contributed by atoms with van der Waals surface area (Å²) < 4.78 is 5.72. The Bertz CT molecular complexity index is 607. The van der Waals surface area contributed by atoms with Crippen LogP contribution in [0.5, 0.6) is 0 Å². The van der Waals surface area contributed by atoms with E-state index in [9.17, 15) is 4.79 Å². The summed E-state index contributed by atoms with van der Waals surface area (Å²) in [5.74, 6) is 0.903. The molecule has 1 unspecified atom stereocenters. The Hall–Kier alpha value is -2.08. The van der Waals surface area contributed by atoms with E-state index in [0.717, 1.165) is 50.5 Å². The van der Waals surface area contributed by atoms with Crippen LogP contribution in [0, 0.1) is 0 Å². The average molecular weight is 375 g/mol. The van der Waals surface area contributed by atoms with Gasteiger partial charge in [-0.1, -0.05) is 19.1 Å². The molecular weight excluding hydrogens is 340 g/mol. The van der Waals surface area contributed by atoms with Gasteiger partial charge in [-0.2, -0.15) is 0 Å². The molecule has 1 aliphatic rings. The van der Waals surface area contributed by atoms with Gasteiger partial charge in [0, 0.05) is 44.9 Å². The molecule has 1 heterocycles. The molecular formula is C21H34N4O2. The number of carbonyl (C=O) groups excluding carboxylic acids is 1. The maximum atomic E-state index is 12.2. The van der Waals surface area contributed by atoms with Crippen molar-refractivity contribution < 1.29 is 9.53 Å². The van der Waals surface area contributed by atoms with Crippen molar-refractivity contribution in [3.05, 3.63) is 35.4 Å². The highest BCUT2D eigenvalue weighted by Gasteiger charge is 2.21. The van der Waals surface area contributed by atoms with E-state index in [0.29, 0.717) is 18.2 Å². The van der Waals surface area contributed by atoms with Gasteiger partial charge >= 0.3 is 0 Å². The maximum Gasteiger partial charge on any atom is 0.251 e. The first-order chi connectivity index (χ1) is 13.1. The molecule has 2 rings (SSSR count). The predicted molar refractivity (Wildman–Crippen MR) is 110 cm³/mol. The van der Waals surface area contributed by atoms with Gasteiger partial charge in [-0.3, -0.25) is 9.79 Å². The van der Waals surface area contributed by atoms with E-state index in [1.807, 2.05) is 45.2 Å². The fourth-order valence-corrected chi connectivity index (χ4v) is 3.17. The van der Waals surface area contributed by atoms with Gasteiger partial charge in [0.1, 0.15) is 0 Å². The molecule has 1 fully saturated rings. The third kappa shape index (κ3) is 6.54. The first kappa shape index (κ1) is 21.2. The van der Waals surface area contributed by atoms with Crippen LogP contribution in [0.2, 0.25) is 0 Å². The molecule has 0 aliphatic carbocycles. The van der Waals surface area contributed by atoms with Gasteiger partial charge in [0.05, 0.1) is 6.10 Å². The molecule has 0 saturated carbocycles. The van der Waals surface area contributed by atoms with Crippen molar-refractivity contribution in [1.29, 1.82) is 0 Å². The second kappa shape index (κ2) is 10.9. The Kier molecular flexibility index (Phi) is 8.58. The molecule has 0 spiro atoms. The zero-order chi connectivity index (χ0) is 19.6. The largest absolute Gasteiger partial charge is 0.378 e. The topological polar surface area (TPSA) is 66.0 Å². The minimum absolute atomic E-state index is 0.0168. The number of guanidine groups is 1. The molecule has 1 saturated heterocycles. The van der Waals surface area contributed by atoms with Gasteiger partial charge in [0.2, 0.25) is 0 Å². The monoisotopic (exact) mass is 374 g/mol. The van der Waals surface area contributed by atoms with E-state index < -0.39 is 0 Å². The summed E-state index contributed by atoms with van der Waals surface area (Å²) in [5, 5.41) is 6.42. The van der Waals surface area contributed by atoms with Gasteiger partial charge < -0.3 is 20.3 Å². The smallest absolute Gasteiger partial charge is 0.251 e. The lowest BCUT2D eigenvalue weighted by Gasteiger charge is -2.34. The normalized spacial score (nSPS) is 16.9. The van der Waals surface area contributed by atoms with Crippen molar-refractivity contribution >= 4 is 11.9 Å². The third-order valence-electron chi connectivity index (χ3n) is 5.01. The van der Waals surface area contributed by atoms with Crippen molar-refractivity contribution in [3.8, 4) is 0 Å². The highest BCUT2D eigenvalue weighted by atomic mass is 16.5. The SMILES string of the molecule is CCOC1CCN(C(=NC)NCc2ccc(C(=O)NC(C)CC)cc2)CC1. The molecule has 1 aliphatic heterocycles. The Labute approximate surface area is 163 Å². The Morgan fingerprint density at radius 2 is 1.93 bits per heavy atom. The summed E-state index contributed by atoms with van der Waals surface area (Å²) in [5.41, 5.74) is 1.82. The fraction of sp³-hybridized carbons (Fsp3) is 0.619. The molecule has 0 radical (unpaired) electrons. The molecule has 2 N–H and O–H groups in total. The van der Waals surface area contributed by atoms with E-state index in [1.165, 1.54) is 0 Å². The number of nitrogens with zero attached hydrogens (tertiary/aromatic N) is 2. The van der Waals surface area contributed by atoms with Crippen LogP contribution in [0.1, 0.15) is 56.0 Å². The Balaban J connectivity index is 1.83. The number of hydrogen-bond donors (Lipinski definition) is 2. The summed E-state index contributed by atoms with van der Waals surface area (Å²) in [6.45, 7) is 9.50. The van der Waals surface area contributed by atoms with Crippen molar-refractivity contribution in [3.63, 3.8) is 0 Å². The standard InChI is InChI=1S/C21H34N4O2/c1-5-16(3)24-20(26)18-9-7-17(8-10-18)15-23-21(22-4)25-13-11-19(12-14-25)27-6-2/h7-10,16,19H,5-6,11-15H2,1-4H3,(H,22,23)(H,24,26). The summed E-state index contributed by atoms with van der Waals surface area (Å²) in [6, 6.07) is 7.94. The molecule has 150 valence electrons. The summed E-state index contributed by atoms with van der Waals surface area (Å²) >= 11 is 0. The van der Waals surface area contributed by atoms with Crippen LogP contribution < -0.4 is 10.6 Å². The lowest BCUT2D eigenvalue weighted by Crippen LogP contribution is -2.46. The number of rotatable bonds is 7. The van der Waals surface area contributed by atoms with Crippen molar-refractivity contribution in [2.24, 2.45) is 4.99 Å². The Morgan fingerprint density at radius 1 is 1.26 bits per heavy atom. The highest BCUT2D eigenvalue weighted by Crippen LogP contribution is 2.14. The summed E-state index contributed by atoms with van der Waals surface area (Å²) in [7, 11) is 1.82. The molecule has 0 aromatic heterocycles. The van der Waals surface area contributed by atoms with Gasteiger partial charge in [-0.25, -0.2) is 0 Å². The minimum Gasteiger partial charge on any atom is -0.378 e. The third-order valence-corrected chi connectivity index (χ3v) is 5.01. The number of piperidine rings is 1. The Morgan fingerprint density at radius 3 is 2.48 bits per heavy atom. The number of ether oxygens (including phenoxy) is 1. The van der Waals surface area contributed by atoms with Crippen LogP contribution in [0.25, 0.3) is 0 Å². The molecule has 6 heteroatoms. The lowest BCUT2D eigenvalue weighted by molar-refractivity contribution is 0.0263. The minimum atomic E-state index is -0.0168. The number of aliphatic imine (C=N–C) groups is 1. The quantitative estimate of drug-likeness (QED) is 0.569. The van der Waals surface area contributed by atoms with Crippen LogP contribution in [0.15, 0.2) is 29.3 Å². The average Bonchev–Trinajstić information content (AvgIpc) is 2.70. The molecule has 1 aromatic carbocycles. The first-order valence-electron chi connectivity index (χ1n) is 10.0. The second-order valence-corrected chi connectivity index (χ2v) is 7.02. The predicted octanol–water partition coefficient (Wildman–Crippen LogP) is 2.79. The zero-order valence-electron chi connectivity index (χ0n) is 17.1. The van der Waals surface area contributed by atoms with Crippen molar-refractivity contribution in [2.75, 3.05) is 26.7 Å². The second-order valence-electron chi connectivity index (χ2n) is 7.02. The van der Waals surface area contributed by atoms with Crippen LogP contribution in [0.4, 0.5) is 0 Å². The number of benzene rings is 1. The van der Waals surface area contributed by atoms with Gasteiger partial charge in [-0.05, 0) is 50.8 Å². The molecule has 0 bridgehead atoms. The number of nitrogens with one attached hydrogen (secondary N) is 2. The summed E-state index contributed by atoms with van der Waals surface area (Å²) in [6.07, 6.45) is 3.37. The zero-order valence-corrected chi connectivity index (χ0v) is 17.1. The molecule has 1 atom stereocenters. The number of carbonyl (C=O) groups is 1. The fourth-order valence-electron chi connectivity index (χ4n) is 3.17. The maximum absolute atomic E-state index is 12.2. The number of likely N-dealkylation sites (tertiary alicyclic amines) is 1. The summed E-state index contributed by atoms with van der Waals surface area (Å²) in [4.78, 5) is 18.8. The van der Waals surface area contributed by atoms with Gasteiger partial charge in [-0.15, -0.1) is 0 Å². The van der Waals surface area contributed by atoms with Crippen LogP contribution in [0.3, 0.4) is 0 Å². The molecule has 6 nitrogen and oxygen atoms in total. The molecule has 27 heavy (non-hydrogen) atoms. The highest BCUT2D eigenvalue weighted by molar-refractivity contribution is 5.94. The number of amides is 1. The van der Waals surface area contributed by atoms with E-state index in [-0.39, 0.29) is 11.9 Å². The first-order valence-corrected chi connectivity index (χ1v) is 10.0. The van der Waals surface area contributed by atoms with Crippen molar-refractivity contribution in [2.45, 2.75) is 58.7 Å². The molecule has 1 amide bonds. The van der Waals surface area contributed by atoms with Gasteiger partial charge in [0.15, 0.2) is 5.96 Å².